The quantitative estimate of drug-likeness (QED) is 0.387. The SMILES string of the molecule is CN[C@@H](C)C(=O)N[C@H](C(=O)N1CCCC12CC2N(CCc1ccccc1)C(=O)[C@H](N)Cc1ccncc1)C(C)(C)C. The number of hydrogen-bond acceptors (Lipinski definition) is 6. The van der Waals surface area contributed by atoms with E-state index in [9.17, 15) is 14.4 Å². The zero-order valence-corrected chi connectivity index (χ0v) is 25.1. The largest absolute Gasteiger partial charge is 0.342 e. The molecule has 4 rings (SSSR count). The van der Waals surface area contributed by atoms with Crippen molar-refractivity contribution in [1.82, 2.24) is 25.4 Å². The first-order chi connectivity index (χ1) is 19.5. The number of carbonyl (C=O) groups excluding carboxylic acids is 3. The lowest BCUT2D eigenvalue weighted by atomic mass is 9.85. The fraction of sp³-hybridized carbons (Fsp3) is 0.562. The van der Waals surface area contributed by atoms with Crippen molar-refractivity contribution in [3.63, 3.8) is 0 Å². The fourth-order valence-electron chi connectivity index (χ4n) is 6.06. The predicted octanol–water partition coefficient (Wildman–Crippen LogP) is 2.30. The molecular weight excluding hydrogens is 516 g/mol. The summed E-state index contributed by atoms with van der Waals surface area (Å²) in [5.74, 6) is -0.378. The molecule has 2 unspecified atom stereocenters. The normalized spacial score (nSPS) is 22.2. The molecule has 0 radical (unpaired) electrons. The van der Waals surface area contributed by atoms with Crippen LogP contribution < -0.4 is 16.4 Å². The fourth-order valence-corrected chi connectivity index (χ4v) is 6.06. The molecule has 1 saturated heterocycles. The van der Waals surface area contributed by atoms with Gasteiger partial charge in [-0.2, -0.15) is 0 Å². The summed E-state index contributed by atoms with van der Waals surface area (Å²) in [6.07, 6.45) is 6.96. The van der Waals surface area contributed by atoms with Gasteiger partial charge in [-0.05, 0) is 74.8 Å². The van der Waals surface area contributed by atoms with Crippen LogP contribution in [0.1, 0.15) is 58.1 Å². The average molecular weight is 563 g/mol. The van der Waals surface area contributed by atoms with E-state index in [2.05, 4.69) is 27.8 Å². The highest BCUT2D eigenvalue weighted by atomic mass is 16.2. The highest BCUT2D eigenvalue weighted by Crippen LogP contribution is 2.53. The molecule has 41 heavy (non-hydrogen) atoms. The Kier molecular flexibility index (Phi) is 9.49. The highest BCUT2D eigenvalue weighted by Gasteiger charge is 2.65. The minimum absolute atomic E-state index is 0.0781. The van der Waals surface area contributed by atoms with Gasteiger partial charge in [0.1, 0.15) is 6.04 Å². The van der Waals surface area contributed by atoms with Gasteiger partial charge in [-0.15, -0.1) is 0 Å². The van der Waals surface area contributed by atoms with Crippen LogP contribution in [0.2, 0.25) is 0 Å². The Morgan fingerprint density at radius 2 is 1.80 bits per heavy atom. The number of nitrogens with zero attached hydrogens (tertiary/aromatic N) is 3. The maximum atomic E-state index is 14.1. The van der Waals surface area contributed by atoms with Crippen molar-refractivity contribution in [1.29, 1.82) is 0 Å². The van der Waals surface area contributed by atoms with Gasteiger partial charge in [0.2, 0.25) is 17.7 Å². The molecule has 9 nitrogen and oxygen atoms in total. The summed E-state index contributed by atoms with van der Waals surface area (Å²) in [6, 6.07) is 12.0. The second-order valence-electron chi connectivity index (χ2n) is 12.7. The number of likely N-dealkylation sites (N-methyl/N-ethyl adjacent to an activating group) is 1. The number of rotatable bonds is 11. The van der Waals surface area contributed by atoms with Crippen LogP contribution in [0.4, 0.5) is 0 Å². The van der Waals surface area contributed by atoms with E-state index in [1.165, 1.54) is 0 Å². The number of likely N-dealkylation sites (tertiary alicyclic amines) is 1. The summed E-state index contributed by atoms with van der Waals surface area (Å²) in [6.45, 7) is 8.84. The van der Waals surface area contributed by atoms with Crippen LogP contribution in [0.15, 0.2) is 54.9 Å². The zero-order valence-electron chi connectivity index (χ0n) is 25.1. The van der Waals surface area contributed by atoms with Crippen molar-refractivity contribution in [2.24, 2.45) is 11.1 Å². The van der Waals surface area contributed by atoms with Crippen LogP contribution in [-0.2, 0) is 27.2 Å². The van der Waals surface area contributed by atoms with Crippen molar-refractivity contribution in [3.8, 4) is 0 Å². The molecule has 9 heteroatoms. The third-order valence-electron chi connectivity index (χ3n) is 8.69. The Labute approximate surface area is 244 Å². The van der Waals surface area contributed by atoms with Crippen molar-refractivity contribution >= 4 is 17.7 Å². The molecule has 1 aromatic carbocycles. The molecule has 1 spiro atoms. The molecule has 3 amide bonds. The Morgan fingerprint density at radius 3 is 2.44 bits per heavy atom. The molecule has 5 atom stereocenters. The molecule has 1 aromatic heterocycles. The van der Waals surface area contributed by atoms with Crippen LogP contribution in [0.25, 0.3) is 0 Å². The number of nitrogens with two attached hydrogens (primary N) is 1. The van der Waals surface area contributed by atoms with Crippen molar-refractivity contribution in [2.75, 3.05) is 20.1 Å². The second kappa shape index (κ2) is 12.7. The molecule has 2 heterocycles. The second-order valence-corrected chi connectivity index (χ2v) is 12.7. The molecule has 2 aliphatic rings. The molecule has 1 aliphatic carbocycles. The molecular formula is C32H46N6O3. The van der Waals surface area contributed by atoms with Crippen LogP contribution in [0, 0.1) is 5.41 Å². The molecule has 2 aromatic rings. The molecule has 4 N–H and O–H groups in total. The van der Waals surface area contributed by atoms with E-state index < -0.39 is 29.1 Å². The summed E-state index contributed by atoms with van der Waals surface area (Å²) < 4.78 is 0. The third-order valence-corrected chi connectivity index (χ3v) is 8.69. The van der Waals surface area contributed by atoms with Crippen molar-refractivity contribution < 1.29 is 14.4 Å². The standard InChI is InChI=1S/C32H46N6O3/c1-22(34-5)28(39)36-27(31(2,3)4)30(41)38-18-9-15-32(38)21-26(32)37(19-14-23-10-7-6-8-11-23)29(40)25(33)20-24-12-16-35-17-13-24/h6-8,10-13,16-17,22,25-27,34H,9,14-15,18-21,33H2,1-5H3,(H,36,39)/t22-,25+,26?,27+,32?/m0/s1. The number of hydrogen-bond donors (Lipinski definition) is 3. The average Bonchev–Trinajstić information content (AvgIpc) is 3.50. The third kappa shape index (κ3) is 6.96. The van der Waals surface area contributed by atoms with E-state index in [-0.39, 0.29) is 23.8 Å². The van der Waals surface area contributed by atoms with Crippen LogP contribution in [0.5, 0.6) is 0 Å². The summed E-state index contributed by atoms with van der Waals surface area (Å²) in [5.41, 5.74) is 7.73. The van der Waals surface area contributed by atoms with E-state index in [0.717, 1.165) is 30.4 Å². The lowest BCUT2D eigenvalue weighted by molar-refractivity contribution is -0.142. The first-order valence-electron chi connectivity index (χ1n) is 14.8. The van der Waals surface area contributed by atoms with E-state index in [4.69, 9.17) is 5.73 Å². The maximum absolute atomic E-state index is 14.1. The first kappa shape index (κ1) is 30.7. The van der Waals surface area contributed by atoms with Crippen molar-refractivity contribution in [3.05, 3.63) is 66.0 Å². The van der Waals surface area contributed by atoms with Crippen molar-refractivity contribution in [2.45, 2.75) is 89.5 Å². The van der Waals surface area contributed by atoms with E-state index in [0.29, 0.717) is 25.9 Å². The Hall–Kier alpha value is -3.30. The summed E-state index contributed by atoms with van der Waals surface area (Å²) in [7, 11) is 1.73. The minimum atomic E-state index is -0.693. The first-order valence-corrected chi connectivity index (χ1v) is 14.8. The monoisotopic (exact) mass is 562 g/mol. The smallest absolute Gasteiger partial charge is 0.246 e. The topological polar surface area (TPSA) is 121 Å². The Bertz CT molecular complexity index is 1200. The number of nitrogens with one attached hydrogen (secondary N) is 2. The van der Waals surface area contributed by atoms with Crippen LogP contribution in [0.3, 0.4) is 0 Å². The molecule has 2 fully saturated rings. The number of aromatic nitrogens is 1. The number of pyridine rings is 1. The Morgan fingerprint density at radius 1 is 1.12 bits per heavy atom. The van der Waals surface area contributed by atoms with Gasteiger partial charge in [0.25, 0.3) is 0 Å². The van der Waals surface area contributed by atoms with Gasteiger partial charge < -0.3 is 26.2 Å². The van der Waals surface area contributed by atoms with Gasteiger partial charge in [-0.25, -0.2) is 0 Å². The molecule has 222 valence electrons. The minimum Gasteiger partial charge on any atom is -0.342 e. The van der Waals surface area contributed by atoms with Gasteiger partial charge in [0.15, 0.2) is 0 Å². The Balaban J connectivity index is 1.56. The van der Waals surface area contributed by atoms with Gasteiger partial charge in [-0.1, -0.05) is 51.1 Å². The lowest BCUT2D eigenvalue weighted by Crippen LogP contribution is -2.59. The highest BCUT2D eigenvalue weighted by molar-refractivity contribution is 5.91. The van der Waals surface area contributed by atoms with E-state index in [1.807, 2.05) is 60.9 Å². The summed E-state index contributed by atoms with van der Waals surface area (Å²) in [4.78, 5) is 48.8. The summed E-state index contributed by atoms with van der Waals surface area (Å²) >= 11 is 0. The van der Waals surface area contributed by atoms with Crippen LogP contribution in [-0.4, -0.2) is 82.3 Å². The molecule has 1 aliphatic heterocycles. The lowest BCUT2D eigenvalue weighted by Gasteiger charge is -2.38. The van der Waals surface area contributed by atoms with Gasteiger partial charge in [0, 0.05) is 25.5 Å². The predicted molar refractivity (Wildman–Crippen MR) is 160 cm³/mol. The van der Waals surface area contributed by atoms with Crippen LogP contribution >= 0.6 is 0 Å². The van der Waals surface area contributed by atoms with E-state index in [1.54, 1.807) is 26.4 Å². The number of amides is 3. The zero-order chi connectivity index (χ0) is 29.8. The van der Waals surface area contributed by atoms with Gasteiger partial charge in [-0.3, -0.25) is 19.4 Å². The molecule has 0 bridgehead atoms. The number of benzene rings is 1. The maximum Gasteiger partial charge on any atom is 0.246 e. The van der Waals surface area contributed by atoms with Gasteiger partial charge in [0.05, 0.1) is 23.7 Å². The van der Waals surface area contributed by atoms with E-state index >= 15 is 0 Å². The summed E-state index contributed by atoms with van der Waals surface area (Å²) in [5, 5.41) is 5.96. The molecule has 1 saturated carbocycles. The van der Waals surface area contributed by atoms with Gasteiger partial charge >= 0.3 is 0 Å². The number of carbonyl (C=O) groups is 3.